The van der Waals surface area contributed by atoms with Crippen molar-refractivity contribution in [2.75, 3.05) is 19.5 Å². The van der Waals surface area contributed by atoms with Crippen LogP contribution in [-0.4, -0.2) is 30.2 Å². The molecule has 1 aromatic heterocycles. The van der Waals surface area contributed by atoms with E-state index in [0.717, 1.165) is 16.6 Å². The first-order chi connectivity index (χ1) is 9.10. The molecule has 1 aromatic carbocycles. The van der Waals surface area contributed by atoms with Gasteiger partial charge in [-0.15, -0.1) is 0 Å². The number of hydrogen-bond acceptors (Lipinski definition) is 3. The molecule has 1 unspecified atom stereocenters. The normalized spacial score (nSPS) is 12.5. The Kier molecular flexibility index (Phi) is 4.06. The number of nitrogens with one attached hydrogen (secondary N) is 1. The SMILES string of the molecule is COCC(C)NC(=O)Cn1ccc2cc(N)ccc21. The average molecular weight is 261 g/mol. The Balaban J connectivity index is 2.07. The summed E-state index contributed by atoms with van der Waals surface area (Å²) in [7, 11) is 1.62. The maximum Gasteiger partial charge on any atom is 0.240 e. The second-order valence-corrected chi connectivity index (χ2v) is 4.69. The minimum absolute atomic E-state index is 0.00923. The average Bonchev–Trinajstić information content (AvgIpc) is 2.71. The molecule has 0 saturated carbocycles. The highest BCUT2D eigenvalue weighted by Gasteiger charge is 2.09. The summed E-state index contributed by atoms with van der Waals surface area (Å²) in [6.07, 6.45) is 1.89. The molecule has 102 valence electrons. The number of methoxy groups -OCH3 is 1. The molecule has 0 spiro atoms. The number of aromatic nitrogens is 1. The molecule has 0 fully saturated rings. The molecular formula is C14H19N3O2. The quantitative estimate of drug-likeness (QED) is 0.799. The van der Waals surface area contributed by atoms with Crippen molar-refractivity contribution in [1.82, 2.24) is 9.88 Å². The summed E-state index contributed by atoms with van der Waals surface area (Å²) >= 11 is 0. The standard InChI is InChI=1S/C14H19N3O2/c1-10(9-19-2)16-14(18)8-17-6-5-11-7-12(15)3-4-13(11)17/h3-7,10H,8-9,15H2,1-2H3,(H,16,18). The van der Waals surface area contributed by atoms with Gasteiger partial charge in [-0.3, -0.25) is 4.79 Å². The van der Waals surface area contributed by atoms with Gasteiger partial charge in [-0.2, -0.15) is 0 Å². The number of rotatable bonds is 5. The van der Waals surface area contributed by atoms with Crippen LogP contribution in [0.3, 0.4) is 0 Å². The Morgan fingerprint density at radius 1 is 1.47 bits per heavy atom. The Bertz CT molecular complexity index is 577. The Labute approximate surface area is 112 Å². The van der Waals surface area contributed by atoms with E-state index in [1.165, 1.54) is 0 Å². The molecule has 19 heavy (non-hydrogen) atoms. The van der Waals surface area contributed by atoms with Gasteiger partial charge in [0.1, 0.15) is 6.54 Å². The van der Waals surface area contributed by atoms with Crippen LogP contribution in [-0.2, 0) is 16.1 Å². The number of benzene rings is 1. The topological polar surface area (TPSA) is 69.3 Å². The number of nitrogens with two attached hydrogens (primary N) is 1. The maximum absolute atomic E-state index is 11.9. The first-order valence-electron chi connectivity index (χ1n) is 6.23. The summed E-state index contributed by atoms with van der Waals surface area (Å²) < 4.78 is 6.89. The number of carbonyl (C=O) groups excluding carboxylic acids is 1. The van der Waals surface area contributed by atoms with Gasteiger partial charge in [0.15, 0.2) is 0 Å². The van der Waals surface area contributed by atoms with E-state index in [1.54, 1.807) is 7.11 Å². The minimum Gasteiger partial charge on any atom is -0.399 e. The number of ether oxygens (including phenoxy) is 1. The molecule has 5 heteroatoms. The zero-order valence-electron chi connectivity index (χ0n) is 11.2. The molecule has 0 radical (unpaired) electrons. The summed E-state index contributed by atoms with van der Waals surface area (Å²) in [5.41, 5.74) is 7.46. The number of hydrogen-bond donors (Lipinski definition) is 2. The van der Waals surface area contributed by atoms with Gasteiger partial charge in [0.25, 0.3) is 0 Å². The third-order valence-corrected chi connectivity index (χ3v) is 2.93. The van der Waals surface area contributed by atoms with Gasteiger partial charge >= 0.3 is 0 Å². The lowest BCUT2D eigenvalue weighted by Crippen LogP contribution is -2.37. The number of anilines is 1. The van der Waals surface area contributed by atoms with E-state index < -0.39 is 0 Å². The molecule has 1 atom stereocenters. The van der Waals surface area contributed by atoms with Gasteiger partial charge in [0.2, 0.25) is 5.91 Å². The van der Waals surface area contributed by atoms with E-state index >= 15 is 0 Å². The van der Waals surface area contributed by atoms with E-state index in [2.05, 4.69) is 5.32 Å². The Morgan fingerprint density at radius 2 is 2.26 bits per heavy atom. The monoisotopic (exact) mass is 261 g/mol. The van der Waals surface area contributed by atoms with Crippen molar-refractivity contribution < 1.29 is 9.53 Å². The van der Waals surface area contributed by atoms with Crippen LogP contribution >= 0.6 is 0 Å². The van der Waals surface area contributed by atoms with Crippen LogP contribution < -0.4 is 11.1 Å². The van der Waals surface area contributed by atoms with Crippen molar-refractivity contribution in [3.63, 3.8) is 0 Å². The van der Waals surface area contributed by atoms with Crippen molar-refractivity contribution >= 4 is 22.5 Å². The third kappa shape index (κ3) is 3.26. The zero-order chi connectivity index (χ0) is 13.8. The second kappa shape index (κ2) is 5.75. The molecule has 0 saturated heterocycles. The van der Waals surface area contributed by atoms with E-state index in [-0.39, 0.29) is 11.9 Å². The van der Waals surface area contributed by atoms with Crippen molar-refractivity contribution in [3.05, 3.63) is 30.5 Å². The van der Waals surface area contributed by atoms with Crippen molar-refractivity contribution in [3.8, 4) is 0 Å². The van der Waals surface area contributed by atoms with Gasteiger partial charge in [-0.1, -0.05) is 0 Å². The fraction of sp³-hybridized carbons (Fsp3) is 0.357. The van der Waals surface area contributed by atoms with Crippen molar-refractivity contribution in [1.29, 1.82) is 0 Å². The number of nitrogen functional groups attached to an aromatic ring is 1. The molecule has 1 heterocycles. The van der Waals surface area contributed by atoms with Gasteiger partial charge < -0.3 is 20.4 Å². The lowest BCUT2D eigenvalue weighted by Gasteiger charge is -2.13. The summed E-state index contributed by atoms with van der Waals surface area (Å²) in [5, 5.41) is 3.93. The smallest absolute Gasteiger partial charge is 0.240 e. The Hall–Kier alpha value is -2.01. The van der Waals surface area contributed by atoms with Crippen LogP contribution in [0.25, 0.3) is 10.9 Å². The highest BCUT2D eigenvalue weighted by atomic mass is 16.5. The lowest BCUT2D eigenvalue weighted by atomic mass is 10.2. The van der Waals surface area contributed by atoms with Crippen LogP contribution in [0.4, 0.5) is 5.69 Å². The second-order valence-electron chi connectivity index (χ2n) is 4.69. The lowest BCUT2D eigenvalue weighted by molar-refractivity contribution is -0.122. The fourth-order valence-electron chi connectivity index (χ4n) is 2.12. The number of nitrogens with zero attached hydrogens (tertiary/aromatic N) is 1. The molecule has 0 bridgehead atoms. The largest absolute Gasteiger partial charge is 0.399 e. The molecule has 0 aliphatic heterocycles. The van der Waals surface area contributed by atoms with Gasteiger partial charge in [-0.25, -0.2) is 0 Å². The van der Waals surface area contributed by atoms with Crippen LogP contribution in [0.15, 0.2) is 30.5 Å². The van der Waals surface area contributed by atoms with E-state index in [1.807, 2.05) is 42.0 Å². The molecule has 5 nitrogen and oxygen atoms in total. The third-order valence-electron chi connectivity index (χ3n) is 2.93. The summed E-state index contributed by atoms with van der Waals surface area (Å²) in [5.74, 6) is -0.0288. The maximum atomic E-state index is 11.9. The highest BCUT2D eigenvalue weighted by molar-refractivity contribution is 5.85. The highest BCUT2D eigenvalue weighted by Crippen LogP contribution is 2.18. The number of carbonyl (C=O) groups is 1. The van der Waals surface area contributed by atoms with Gasteiger partial charge in [0.05, 0.1) is 6.61 Å². The summed E-state index contributed by atoms with van der Waals surface area (Å²) in [6.45, 7) is 2.71. The summed E-state index contributed by atoms with van der Waals surface area (Å²) in [4.78, 5) is 11.9. The first kappa shape index (κ1) is 13.4. The van der Waals surface area contributed by atoms with Gasteiger partial charge in [0, 0.05) is 35.9 Å². The van der Waals surface area contributed by atoms with E-state index in [9.17, 15) is 4.79 Å². The molecule has 3 N–H and O–H groups in total. The van der Waals surface area contributed by atoms with E-state index in [4.69, 9.17) is 10.5 Å². The van der Waals surface area contributed by atoms with Gasteiger partial charge in [-0.05, 0) is 31.2 Å². The van der Waals surface area contributed by atoms with Crippen LogP contribution in [0, 0.1) is 0 Å². The van der Waals surface area contributed by atoms with Crippen LogP contribution in [0.2, 0.25) is 0 Å². The van der Waals surface area contributed by atoms with Crippen molar-refractivity contribution in [2.24, 2.45) is 0 Å². The van der Waals surface area contributed by atoms with Crippen LogP contribution in [0.1, 0.15) is 6.92 Å². The predicted octanol–water partition coefficient (Wildman–Crippen LogP) is 1.37. The summed E-state index contributed by atoms with van der Waals surface area (Å²) in [6, 6.07) is 7.63. The van der Waals surface area contributed by atoms with Crippen molar-refractivity contribution in [2.45, 2.75) is 19.5 Å². The molecule has 2 aromatic rings. The molecule has 1 amide bonds. The predicted molar refractivity (Wildman–Crippen MR) is 75.8 cm³/mol. The molecule has 2 rings (SSSR count). The number of amides is 1. The zero-order valence-corrected chi connectivity index (χ0v) is 11.2. The molecule has 0 aliphatic rings. The molecular weight excluding hydrogens is 242 g/mol. The fourth-order valence-corrected chi connectivity index (χ4v) is 2.12. The number of fused-ring (bicyclic) bond motifs is 1. The molecule has 0 aliphatic carbocycles. The van der Waals surface area contributed by atoms with Crippen LogP contribution in [0.5, 0.6) is 0 Å². The van der Waals surface area contributed by atoms with E-state index in [0.29, 0.717) is 13.2 Å². The Morgan fingerprint density at radius 3 is 3.00 bits per heavy atom. The first-order valence-corrected chi connectivity index (χ1v) is 6.23. The minimum atomic E-state index is -0.0288.